The molecule has 13 heteroatoms. The molecule has 2 rings (SSSR count). The van der Waals surface area contributed by atoms with Crippen LogP contribution in [-0.4, -0.2) is 80.1 Å². The van der Waals surface area contributed by atoms with Crippen LogP contribution in [0.1, 0.15) is 92.6 Å². The second kappa shape index (κ2) is 19.4. The molecular weight excluding hydrogens is 630 g/mol. The molecule has 1 aromatic carbocycles. The number of nitrogens with zero attached hydrogens (tertiary/aromatic N) is 1. The summed E-state index contributed by atoms with van der Waals surface area (Å²) in [6, 6.07) is 8.35. The van der Waals surface area contributed by atoms with Gasteiger partial charge in [-0.2, -0.15) is 0 Å². The number of hydrazine groups is 1. The van der Waals surface area contributed by atoms with Crippen molar-refractivity contribution in [2.45, 2.75) is 111 Å². The zero-order chi connectivity index (χ0) is 36.8. The first-order valence-electron chi connectivity index (χ1n) is 17.4. The Bertz CT molecular complexity index is 1230. The van der Waals surface area contributed by atoms with Gasteiger partial charge in [0.2, 0.25) is 0 Å². The third kappa shape index (κ3) is 13.2. The highest BCUT2D eigenvalue weighted by atomic mass is 16.6. The van der Waals surface area contributed by atoms with Crippen molar-refractivity contribution >= 4 is 30.0 Å². The summed E-state index contributed by atoms with van der Waals surface area (Å²) in [5.41, 5.74) is 1.01. The smallest absolute Gasteiger partial charge is 0.410 e. The lowest BCUT2D eigenvalue weighted by atomic mass is 9.89. The van der Waals surface area contributed by atoms with E-state index < -0.39 is 59.1 Å². The van der Waals surface area contributed by atoms with Crippen LogP contribution in [0.15, 0.2) is 30.3 Å². The number of ether oxygens (including phenoxy) is 3. The van der Waals surface area contributed by atoms with Crippen LogP contribution in [0.3, 0.4) is 0 Å². The van der Waals surface area contributed by atoms with Gasteiger partial charge in [-0.05, 0) is 63.9 Å². The maximum absolute atomic E-state index is 14.4. The Morgan fingerprint density at radius 2 is 1.49 bits per heavy atom. The summed E-state index contributed by atoms with van der Waals surface area (Å²) in [4.78, 5) is 65.9. The molecule has 1 fully saturated rings. The lowest BCUT2D eigenvalue weighted by Crippen LogP contribution is -2.67. The summed E-state index contributed by atoms with van der Waals surface area (Å²) in [6.45, 7) is 12.7. The molecule has 1 saturated carbocycles. The van der Waals surface area contributed by atoms with Gasteiger partial charge in [-0.25, -0.2) is 14.6 Å². The maximum Gasteiger partial charge on any atom is 0.410 e. The Balaban J connectivity index is 2.51. The van der Waals surface area contributed by atoms with Gasteiger partial charge in [-0.3, -0.25) is 25.1 Å². The van der Waals surface area contributed by atoms with E-state index >= 15 is 0 Å². The second-order valence-electron chi connectivity index (χ2n) is 14.6. The van der Waals surface area contributed by atoms with Gasteiger partial charge in [0.05, 0.1) is 19.6 Å². The Labute approximate surface area is 291 Å². The summed E-state index contributed by atoms with van der Waals surface area (Å²) in [5.74, 6) is -2.43. The Hall–Kier alpha value is -3.87. The maximum atomic E-state index is 14.4. The lowest BCUT2D eigenvalue weighted by Gasteiger charge is -2.39. The number of aryl methyl sites for hydroxylation is 1. The van der Waals surface area contributed by atoms with Crippen molar-refractivity contribution in [3.63, 3.8) is 0 Å². The largest absolute Gasteiger partial charge is 0.453 e. The van der Waals surface area contributed by atoms with Crippen molar-refractivity contribution in [1.29, 1.82) is 0 Å². The summed E-state index contributed by atoms with van der Waals surface area (Å²) in [5, 5.41) is 10.0. The minimum absolute atomic E-state index is 0.198. The molecule has 276 valence electrons. The molecule has 0 aromatic heterocycles. The number of esters is 1. The molecule has 3 atom stereocenters. The van der Waals surface area contributed by atoms with E-state index in [0.717, 1.165) is 44.8 Å². The summed E-state index contributed by atoms with van der Waals surface area (Å²) >= 11 is 0. The van der Waals surface area contributed by atoms with Gasteiger partial charge in [0.15, 0.2) is 0 Å². The first kappa shape index (κ1) is 41.3. The van der Waals surface area contributed by atoms with Crippen LogP contribution in [0.5, 0.6) is 0 Å². The van der Waals surface area contributed by atoms with E-state index in [-0.39, 0.29) is 12.5 Å². The van der Waals surface area contributed by atoms with E-state index in [1.807, 2.05) is 49.2 Å². The van der Waals surface area contributed by atoms with E-state index in [1.165, 1.54) is 7.11 Å². The van der Waals surface area contributed by atoms with Crippen LogP contribution in [0, 0.1) is 23.2 Å². The molecule has 0 radical (unpaired) electrons. The van der Waals surface area contributed by atoms with Gasteiger partial charge in [0.1, 0.15) is 6.04 Å². The van der Waals surface area contributed by atoms with Crippen LogP contribution in [0.4, 0.5) is 9.59 Å². The van der Waals surface area contributed by atoms with E-state index in [9.17, 15) is 24.0 Å². The first-order chi connectivity index (χ1) is 23.0. The van der Waals surface area contributed by atoms with Crippen LogP contribution < -0.4 is 21.4 Å². The molecule has 0 spiro atoms. The highest BCUT2D eigenvalue weighted by Crippen LogP contribution is 2.27. The number of methoxy groups -OCH3 is 2. The average molecular weight is 690 g/mol. The number of nitrogens with one attached hydrogen (secondary N) is 4. The molecule has 4 N–H and O–H groups in total. The van der Waals surface area contributed by atoms with Gasteiger partial charge in [0, 0.05) is 25.0 Å². The number of carbonyl (C=O) groups is 5. The van der Waals surface area contributed by atoms with Crippen molar-refractivity contribution in [3.05, 3.63) is 35.9 Å². The fourth-order valence-electron chi connectivity index (χ4n) is 5.70. The number of rotatable bonds is 16. The highest BCUT2D eigenvalue weighted by molar-refractivity contribution is 5.92. The third-order valence-electron chi connectivity index (χ3n) is 8.77. The van der Waals surface area contributed by atoms with Crippen molar-refractivity contribution in [2.24, 2.45) is 23.2 Å². The van der Waals surface area contributed by atoms with Crippen LogP contribution >= 0.6 is 0 Å². The molecule has 49 heavy (non-hydrogen) atoms. The minimum atomic E-state index is -2.09. The van der Waals surface area contributed by atoms with Gasteiger partial charge in [0.25, 0.3) is 17.5 Å². The van der Waals surface area contributed by atoms with Crippen LogP contribution in [-0.2, 0) is 35.0 Å². The molecule has 0 heterocycles. The van der Waals surface area contributed by atoms with E-state index in [1.54, 1.807) is 34.6 Å². The van der Waals surface area contributed by atoms with Crippen molar-refractivity contribution < 1.29 is 38.2 Å². The van der Waals surface area contributed by atoms with Gasteiger partial charge in [-0.15, -0.1) is 0 Å². The molecule has 1 aliphatic rings. The SMILES string of the molecule is COC(=O)N[C@H](C(=O)NN(CC1CCCCC1)C[C@H](CCc1ccccc1)NC(=O)[C@](NC(=O)OC)(OC(=O)C(C)(C)C)C(C)C)C(C)C. The normalized spacial score (nSPS) is 16.2. The zero-order valence-corrected chi connectivity index (χ0v) is 30.9. The Morgan fingerprint density at radius 3 is 2.02 bits per heavy atom. The number of carbonyl (C=O) groups excluding carboxylic acids is 5. The number of hydrogen-bond acceptors (Lipinski definition) is 9. The van der Waals surface area contributed by atoms with Crippen molar-refractivity contribution in [2.75, 3.05) is 27.3 Å². The summed E-state index contributed by atoms with van der Waals surface area (Å²) in [6.07, 6.45) is 4.76. The van der Waals surface area contributed by atoms with Crippen LogP contribution in [0.25, 0.3) is 0 Å². The monoisotopic (exact) mass is 689 g/mol. The molecule has 1 aliphatic carbocycles. The predicted octanol–water partition coefficient (Wildman–Crippen LogP) is 4.70. The Morgan fingerprint density at radius 1 is 0.878 bits per heavy atom. The number of benzene rings is 1. The first-order valence-corrected chi connectivity index (χ1v) is 17.4. The molecule has 1 aromatic rings. The number of amides is 4. The molecule has 0 unspecified atom stereocenters. The molecule has 0 bridgehead atoms. The predicted molar refractivity (Wildman–Crippen MR) is 186 cm³/mol. The molecule has 0 saturated heterocycles. The highest BCUT2D eigenvalue weighted by Gasteiger charge is 2.50. The lowest BCUT2D eigenvalue weighted by molar-refractivity contribution is -0.185. The van der Waals surface area contributed by atoms with E-state index in [4.69, 9.17) is 14.2 Å². The topological polar surface area (TPSA) is 164 Å². The van der Waals surface area contributed by atoms with Crippen LogP contribution in [0.2, 0.25) is 0 Å². The minimum Gasteiger partial charge on any atom is -0.453 e. The fraction of sp³-hybridized carbons (Fsp3) is 0.694. The number of alkyl carbamates (subject to hydrolysis) is 2. The molecule has 13 nitrogen and oxygen atoms in total. The van der Waals surface area contributed by atoms with Crippen molar-refractivity contribution in [3.8, 4) is 0 Å². The van der Waals surface area contributed by atoms with E-state index in [2.05, 4.69) is 21.4 Å². The fourth-order valence-corrected chi connectivity index (χ4v) is 5.70. The average Bonchev–Trinajstić information content (AvgIpc) is 3.05. The Kier molecular flexibility index (Phi) is 16.3. The molecule has 4 amide bonds. The standard InChI is InChI=1S/C36H59N5O8/c1-24(2)29(38-33(45)47-8)30(42)40-41(22-27-18-14-11-15-19-27)23-28(21-20-26-16-12-10-13-17-26)37-31(43)36(25(3)4,39-34(46)48-9)49-32(44)35(5,6)7/h10,12-13,16-17,24-25,27-29H,11,14-15,18-23H2,1-9H3,(H,37,43)(H,38,45)(H,39,46)(H,40,42)/t28-,29-,36+/m0/s1. The second-order valence-corrected chi connectivity index (χ2v) is 14.6. The quantitative estimate of drug-likeness (QED) is 0.0834. The molecular formula is C36H59N5O8. The summed E-state index contributed by atoms with van der Waals surface area (Å²) in [7, 11) is 2.41. The van der Waals surface area contributed by atoms with Gasteiger partial charge >= 0.3 is 18.2 Å². The van der Waals surface area contributed by atoms with Crippen molar-refractivity contribution in [1.82, 2.24) is 26.4 Å². The summed E-state index contributed by atoms with van der Waals surface area (Å²) < 4.78 is 15.5. The third-order valence-corrected chi connectivity index (χ3v) is 8.77. The van der Waals surface area contributed by atoms with E-state index in [0.29, 0.717) is 25.3 Å². The zero-order valence-electron chi connectivity index (χ0n) is 30.9. The molecule has 0 aliphatic heterocycles. The number of hydrogen-bond donors (Lipinski definition) is 4. The van der Waals surface area contributed by atoms with Gasteiger partial charge in [-0.1, -0.05) is 77.3 Å². The van der Waals surface area contributed by atoms with Gasteiger partial charge < -0.3 is 24.8 Å².